The standard InChI is InChI=1S/C15H19N5O4/c1-8-2-11(24-20-8)3-9-6-23-7-12(9)18-13(21)4-10-5-14(22)19-15(16)17-10/h2,5,9,12H,3-4,6-7H2,1H3,(H,18,21)(H3,16,17,19,22)/t9-,12+/m1/s1. The van der Waals surface area contributed by atoms with E-state index in [1.54, 1.807) is 0 Å². The van der Waals surface area contributed by atoms with Gasteiger partial charge in [-0.3, -0.25) is 14.6 Å². The van der Waals surface area contributed by atoms with Gasteiger partial charge in [0.1, 0.15) is 5.76 Å². The second-order valence-electron chi connectivity index (χ2n) is 5.91. The summed E-state index contributed by atoms with van der Waals surface area (Å²) in [5, 5.41) is 6.79. The highest BCUT2D eigenvalue weighted by Gasteiger charge is 2.30. The Balaban J connectivity index is 1.59. The molecular formula is C15H19N5O4. The van der Waals surface area contributed by atoms with Crippen molar-refractivity contribution in [2.45, 2.75) is 25.8 Å². The SMILES string of the molecule is Cc1cc(C[C@@H]2COC[C@@H]2NC(=O)Cc2cc(=O)[nH]c(N)n2)on1. The summed E-state index contributed by atoms with van der Waals surface area (Å²) < 4.78 is 10.7. The number of aromatic amines is 1. The molecule has 9 nitrogen and oxygen atoms in total. The Morgan fingerprint density at radius 1 is 1.46 bits per heavy atom. The maximum Gasteiger partial charge on any atom is 0.252 e. The zero-order valence-electron chi connectivity index (χ0n) is 13.2. The molecule has 0 spiro atoms. The monoisotopic (exact) mass is 333 g/mol. The summed E-state index contributed by atoms with van der Waals surface area (Å²) in [5.74, 6) is 0.639. The normalized spacial score (nSPS) is 20.2. The van der Waals surface area contributed by atoms with Gasteiger partial charge in [0.2, 0.25) is 11.9 Å². The van der Waals surface area contributed by atoms with Crippen molar-refractivity contribution >= 4 is 11.9 Å². The zero-order valence-corrected chi connectivity index (χ0v) is 13.2. The predicted molar refractivity (Wildman–Crippen MR) is 84.2 cm³/mol. The molecule has 4 N–H and O–H groups in total. The fourth-order valence-electron chi connectivity index (χ4n) is 2.77. The Morgan fingerprint density at radius 3 is 3.00 bits per heavy atom. The lowest BCUT2D eigenvalue weighted by atomic mass is 9.98. The Morgan fingerprint density at radius 2 is 2.29 bits per heavy atom. The molecule has 1 fully saturated rings. The largest absolute Gasteiger partial charge is 0.379 e. The number of nitrogens with zero attached hydrogens (tertiary/aromatic N) is 2. The lowest BCUT2D eigenvalue weighted by molar-refractivity contribution is -0.121. The molecule has 128 valence electrons. The molecule has 3 rings (SSSR count). The average Bonchev–Trinajstić information content (AvgIpc) is 3.08. The number of amides is 1. The molecule has 1 aliphatic heterocycles. The number of ether oxygens (including phenoxy) is 1. The summed E-state index contributed by atoms with van der Waals surface area (Å²) in [6, 6.07) is 3.01. The first-order valence-corrected chi connectivity index (χ1v) is 7.64. The van der Waals surface area contributed by atoms with Crippen molar-refractivity contribution in [2.75, 3.05) is 18.9 Å². The molecule has 9 heteroatoms. The number of nitrogen functional groups attached to an aromatic ring is 1. The molecule has 1 aliphatic rings. The fraction of sp³-hybridized carbons (Fsp3) is 0.467. The first-order valence-electron chi connectivity index (χ1n) is 7.64. The van der Waals surface area contributed by atoms with Gasteiger partial charge in [-0.2, -0.15) is 0 Å². The number of aryl methyl sites for hydroxylation is 1. The number of aromatic nitrogens is 3. The van der Waals surface area contributed by atoms with E-state index in [1.165, 1.54) is 6.07 Å². The van der Waals surface area contributed by atoms with Crippen LogP contribution >= 0.6 is 0 Å². The Labute approximate surface area is 137 Å². The average molecular weight is 333 g/mol. The van der Waals surface area contributed by atoms with Crippen molar-refractivity contribution in [3.05, 3.63) is 39.6 Å². The highest BCUT2D eigenvalue weighted by atomic mass is 16.5. The van der Waals surface area contributed by atoms with Crippen LogP contribution in [0.5, 0.6) is 0 Å². The lowest BCUT2D eigenvalue weighted by Gasteiger charge is -2.17. The highest BCUT2D eigenvalue weighted by Crippen LogP contribution is 2.19. The van der Waals surface area contributed by atoms with Crippen molar-refractivity contribution in [3.8, 4) is 0 Å². The first-order chi connectivity index (χ1) is 11.5. The quantitative estimate of drug-likeness (QED) is 0.675. The third-order valence-corrected chi connectivity index (χ3v) is 3.84. The molecule has 0 aromatic carbocycles. The minimum atomic E-state index is -0.381. The van der Waals surface area contributed by atoms with Crippen LogP contribution in [-0.4, -0.2) is 40.3 Å². The van der Waals surface area contributed by atoms with Crippen molar-refractivity contribution in [3.63, 3.8) is 0 Å². The second kappa shape index (κ2) is 6.83. The lowest BCUT2D eigenvalue weighted by Crippen LogP contribution is -2.41. The fourth-order valence-corrected chi connectivity index (χ4v) is 2.77. The van der Waals surface area contributed by atoms with Gasteiger partial charge in [-0.15, -0.1) is 0 Å². The molecule has 1 amide bonds. The van der Waals surface area contributed by atoms with E-state index in [9.17, 15) is 9.59 Å². The molecule has 2 aromatic heterocycles. The number of carbonyl (C=O) groups is 1. The molecular weight excluding hydrogens is 314 g/mol. The zero-order chi connectivity index (χ0) is 17.1. The van der Waals surface area contributed by atoms with Gasteiger partial charge in [-0.05, 0) is 6.92 Å². The molecule has 0 unspecified atom stereocenters. The Hall–Kier alpha value is -2.68. The summed E-state index contributed by atoms with van der Waals surface area (Å²) in [7, 11) is 0. The topological polar surface area (TPSA) is 136 Å². The van der Waals surface area contributed by atoms with Crippen LogP contribution in [0.2, 0.25) is 0 Å². The van der Waals surface area contributed by atoms with Crippen LogP contribution in [0.25, 0.3) is 0 Å². The summed E-state index contributed by atoms with van der Waals surface area (Å²) in [4.78, 5) is 29.8. The molecule has 0 bridgehead atoms. The first kappa shape index (κ1) is 16.2. The molecule has 0 aliphatic carbocycles. The van der Waals surface area contributed by atoms with Crippen LogP contribution in [0.15, 0.2) is 21.5 Å². The number of nitrogens with two attached hydrogens (primary N) is 1. The van der Waals surface area contributed by atoms with Crippen LogP contribution in [0.3, 0.4) is 0 Å². The van der Waals surface area contributed by atoms with Gasteiger partial charge in [0.05, 0.1) is 37.1 Å². The summed E-state index contributed by atoms with van der Waals surface area (Å²) in [5.41, 5.74) is 6.24. The minimum Gasteiger partial charge on any atom is -0.379 e. The number of nitrogens with one attached hydrogen (secondary N) is 2. The van der Waals surface area contributed by atoms with Crippen LogP contribution < -0.4 is 16.6 Å². The van der Waals surface area contributed by atoms with E-state index in [1.807, 2.05) is 13.0 Å². The highest BCUT2D eigenvalue weighted by molar-refractivity contribution is 5.78. The van der Waals surface area contributed by atoms with E-state index in [0.29, 0.717) is 25.3 Å². The number of hydrogen-bond donors (Lipinski definition) is 3. The second-order valence-corrected chi connectivity index (χ2v) is 5.91. The smallest absolute Gasteiger partial charge is 0.252 e. The van der Waals surface area contributed by atoms with Crippen LogP contribution in [0.4, 0.5) is 5.95 Å². The maximum absolute atomic E-state index is 12.2. The number of carbonyl (C=O) groups excluding carboxylic acids is 1. The van der Waals surface area contributed by atoms with E-state index in [0.717, 1.165) is 11.5 Å². The minimum absolute atomic E-state index is 0.00642. The molecule has 2 aromatic rings. The van der Waals surface area contributed by atoms with Gasteiger partial charge in [-0.25, -0.2) is 4.98 Å². The van der Waals surface area contributed by atoms with Gasteiger partial charge in [0, 0.05) is 24.5 Å². The Kier molecular flexibility index (Phi) is 4.61. The molecule has 1 saturated heterocycles. The molecule has 3 heterocycles. The number of anilines is 1. The van der Waals surface area contributed by atoms with E-state index < -0.39 is 0 Å². The van der Waals surface area contributed by atoms with Gasteiger partial charge in [0.25, 0.3) is 5.56 Å². The molecule has 2 atom stereocenters. The van der Waals surface area contributed by atoms with Gasteiger partial charge in [-0.1, -0.05) is 5.16 Å². The van der Waals surface area contributed by atoms with E-state index in [-0.39, 0.29) is 35.8 Å². The van der Waals surface area contributed by atoms with Gasteiger partial charge in [0.15, 0.2) is 0 Å². The third-order valence-electron chi connectivity index (χ3n) is 3.84. The Bertz CT molecular complexity index is 784. The summed E-state index contributed by atoms with van der Waals surface area (Å²) >= 11 is 0. The van der Waals surface area contributed by atoms with Crippen molar-refractivity contribution in [1.82, 2.24) is 20.4 Å². The van der Waals surface area contributed by atoms with E-state index in [4.69, 9.17) is 15.0 Å². The molecule has 0 saturated carbocycles. The summed E-state index contributed by atoms with van der Waals surface area (Å²) in [6.07, 6.45) is 0.626. The number of hydrogen-bond acceptors (Lipinski definition) is 7. The van der Waals surface area contributed by atoms with Crippen molar-refractivity contribution in [2.24, 2.45) is 5.92 Å². The molecule has 0 radical (unpaired) electrons. The number of rotatable bonds is 5. The van der Waals surface area contributed by atoms with Crippen LogP contribution in [-0.2, 0) is 22.4 Å². The number of H-pyrrole nitrogens is 1. The van der Waals surface area contributed by atoms with E-state index in [2.05, 4.69) is 20.4 Å². The van der Waals surface area contributed by atoms with Crippen molar-refractivity contribution in [1.29, 1.82) is 0 Å². The summed E-state index contributed by atoms with van der Waals surface area (Å²) in [6.45, 7) is 2.84. The van der Waals surface area contributed by atoms with Gasteiger partial charge < -0.3 is 20.3 Å². The third kappa shape index (κ3) is 3.99. The van der Waals surface area contributed by atoms with Crippen molar-refractivity contribution < 1.29 is 14.1 Å². The van der Waals surface area contributed by atoms with Gasteiger partial charge >= 0.3 is 0 Å². The molecule has 24 heavy (non-hydrogen) atoms. The van der Waals surface area contributed by atoms with Crippen LogP contribution in [0.1, 0.15) is 17.1 Å². The van der Waals surface area contributed by atoms with E-state index >= 15 is 0 Å². The predicted octanol–water partition coefficient (Wildman–Crippen LogP) is -0.435. The maximum atomic E-state index is 12.2. The van der Waals surface area contributed by atoms with Crippen LogP contribution in [0, 0.1) is 12.8 Å².